The van der Waals surface area contributed by atoms with Crippen LogP contribution in [0.25, 0.3) is 0 Å². The molecule has 1 aliphatic rings. The second-order valence-corrected chi connectivity index (χ2v) is 10.3. The van der Waals surface area contributed by atoms with Crippen molar-refractivity contribution < 1.29 is 19.1 Å². The van der Waals surface area contributed by atoms with Crippen LogP contribution < -0.4 is 15.5 Å². The van der Waals surface area contributed by atoms with Crippen molar-refractivity contribution in [3.05, 3.63) is 58.1 Å². The maximum Gasteiger partial charge on any atom is 0.325 e. The molecule has 9 nitrogen and oxygen atoms in total. The Labute approximate surface area is 218 Å². The van der Waals surface area contributed by atoms with E-state index in [0.717, 1.165) is 22.5 Å². The quantitative estimate of drug-likeness (QED) is 0.352. The van der Waals surface area contributed by atoms with Gasteiger partial charge in [0.05, 0.1) is 18.7 Å². The summed E-state index contributed by atoms with van der Waals surface area (Å²) in [5.41, 5.74) is 4.77. The minimum absolute atomic E-state index is 0.0410. The molecule has 0 saturated heterocycles. The average Bonchev–Trinajstić information content (AvgIpc) is 3.15. The van der Waals surface area contributed by atoms with E-state index in [4.69, 9.17) is 10.1 Å². The van der Waals surface area contributed by atoms with Gasteiger partial charge in [0, 0.05) is 50.2 Å². The normalized spacial score (nSPS) is 12.7. The summed E-state index contributed by atoms with van der Waals surface area (Å²) >= 11 is 0. The van der Waals surface area contributed by atoms with Gasteiger partial charge in [0.15, 0.2) is 5.78 Å². The Balaban J connectivity index is 1.83. The van der Waals surface area contributed by atoms with Crippen molar-refractivity contribution in [1.82, 2.24) is 10.2 Å². The number of carbonyl (C=O) groups is 3. The fraction of sp³-hybridized carbons (Fsp3) is 0.429. The minimum atomic E-state index is -0.341. The molecule has 0 radical (unpaired) electrons. The lowest BCUT2D eigenvalue weighted by Gasteiger charge is -2.25. The Kier molecular flexibility index (Phi) is 8.25. The summed E-state index contributed by atoms with van der Waals surface area (Å²) in [6, 6.07) is 9.07. The van der Waals surface area contributed by atoms with Crippen LogP contribution in [0.3, 0.4) is 0 Å². The molecule has 1 amide bonds. The molecule has 0 unspecified atom stereocenters. The van der Waals surface area contributed by atoms with E-state index >= 15 is 0 Å². The molecule has 3 rings (SSSR count). The topological polar surface area (TPSA) is 115 Å². The predicted molar refractivity (Wildman–Crippen MR) is 146 cm³/mol. The summed E-state index contributed by atoms with van der Waals surface area (Å²) in [5.74, 6) is -0.450. The zero-order chi connectivity index (χ0) is 27.5. The molecule has 0 spiro atoms. The van der Waals surface area contributed by atoms with Crippen LogP contribution in [0.4, 0.5) is 11.4 Å². The Hall–Kier alpha value is -3.88. The number of ether oxygens (including phenoxy) is 1. The Morgan fingerprint density at radius 2 is 1.84 bits per heavy atom. The number of benzene rings is 2. The Morgan fingerprint density at radius 1 is 1.14 bits per heavy atom. The Morgan fingerprint density at radius 3 is 2.43 bits per heavy atom. The van der Waals surface area contributed by atoms with Crippen LogP contribution in [0, 0.1) is 5.41 Å². The number of carbonyl (C=O) groups excluding carboxylic acids is 3. The van der Waals surface area contributed by atoms with Gasteiger partial charge < -0.3 is 25.2 Å². The number of ketones is 1. The number of anilines is 2. The molecule has 2 aromatic carbocycles. The van der Waals surface area contributed by atoms with Crippen LogP contribution in [-0.2, 0) is 21.5 Å². The first kappa shape index (κ1) is 27.7. The smallest absolute Gasteiger partial charge is 0.325 e. The molecule has 1 heterocycles. The van der Waals surface area contributed by atoms with Crippen molar-refractivity contribution in [2.45, 2.75) is 39.7 Å². The van der Waals surface area contributed by atoms with Crippen molar-refractivity contribution in [2.24, 2.45) is 0 Å². The molecular formula is C28H37N5O4. The van der Waals surface area contributed by atoms with E-state index in [1.54, 1.807) is 31.0 Å². The van der Waals surface area contributed by atoms with Crippen molar-refractivity contribution in [1.29, 1.82) is 5.41 Å². The van der Waals surface area contributed by atoms with Gasteiger partial charge in [0.2, 0.25) is 0 Å². The molecule has 0 bridgehead atoms. The number of nitrogens with one attached hydrogen (secondary N) is 3. The van der Waals surface area contributed by atoms with Gasteiger partial charge in [-0.05, 0) is 53.8 Å². The summed E-state index contributed by atoms with van der Waals surface area (Å²) in [5, 5.41) is 14.5. The van der Waals surface area contributed by atoms with Crippen LogP contribution in [0.15, 0.2) is 30.3 Å². The van der Waals surface area contributed by atoms with Gasteiger partial charge in [0.1, 0.15) is 12.4 Å². The van der Waals surface area contributed by atoms with Crippen LogP contribution in [0.1, 0.15) is 65.1 Å². The summed E-state index contributed by atoms with van der Waals surface area (Å²) in [7, 11) is 5.32. The maximum atomic E-state index is 13.3. The van der Waals surface area contributed by atoms with E-state index < -0.39 is 0 Å². The second-order valence-electron chi connectivity index (χ2n) is 10.3. The first-order valence-corrected chi connectivity index (χ1v) is 12.3. The molecule has 198 valence electrons. The van der Waals surface area contributed by atoms with Gasteiger partial charge >= 0.3 is 5.97 Å². The lowest BCUT2D eigenvalue weighted by Crippen LogP contribution is -2.30. The van der Waals surface area contributed by atoms with E-state index in [1.807, 2.05) is 58.0 Å². The number of hydrogen-bond acceptors (Lipinski definition) is 7. The van der Waals surface area contributed by atoms with Gasteiger partial charge in [-0.15, -0.1) is 0 Å². The van der Waals surface area contributed by atoms with E-state index in [0.29, 0.717) is 29.8 Å². The predicted octanol–water partition coefficient (Wildman–Crippen LogP) is 3.41. The summed E-state index contributed by atoms with van der Waals surface area (Å²) < 4.78 is 5.00. The SMILES string of the molecule is CCOC(=O)CNc1ccc(C(=O)CN2Cc3cc(N(C)C)c(C(=O)NC)cc3C2=N)cc1C(C)(C)C. The summed E-state index contributed by atoms with van der Waals surface area (Å²) in [6.45, 7) is 8.72. The standard InChI is InChI=1S/C28H37N5O4/c1-8-37-25(35)14-31-22-10-9-17(11-21(22)28(2,3)4)24(34)16-33-15-18-12-23(32(6)7)20(27(36)30-5)13-19(18)26(33)29/h9-13,29,31H,8,14-16H2,1-7H3,(H,30,36). The number of esters is 1. The molecule has 1 aliphatic heterocycles. The molecule has 3 N–H and O–H groups in total. The number of amides is 1. The van der Waals surface area contributed by atoms with Crippen molar-refractivity contribution >= 4 is 34.9 Å². The Bertz CT molecular complexity index is 1230. The minimum Gasteiger partial charge on any atom is -0.465 e. The van der Waals surface area contributed by atoms with E-state index in [1.165, 1.54) is 0 Å². The first-order valence-electron chi connectivity index (χ1n) is 12.3. The van der Waals surface area contributed by atoms with E-state index in [-0.39, 0.29) is 42.0 Å². The van der Waals surface area contributed by atoms with Gasteiger partial charge in [-0.2, -0.15) is 0 Å². The zero-order valence-corrected chi connectivity index (χ0v) is 22.7. The number of Topliss-reactive ketones (excluding diaryl/α,β-unsaturated/α-hetero) is 1. The average molecular weight is 508 g/mol. The number of hydrogen-bond donors (Lipinski definition) is 3. The molecule has 0 atom stereocenters. The molecule has 0 aliphatic carbocycles. The molecule has 2 aromatic rings. The van der Waals surface area contributed by atoms with Crippen molar-refractivity contribution in [3.63, 3.8) is 0 Å². The zero-order valence-electron chi connectivity index (χ0n) is 22.7. The highest BCUT2D eigenvalue weighted by atomic mass is 16.5. The highest BCUT2D eigenvalue weighted by Crippen LogP contribution is 2.32. The number of nitrogens with zero attached hydrogens (tertiary/aromatic N) is 2. The maximum absolute atomic E-state index is 13.3. The molecule has 0 fully saturated rings. The highest BCUT2D eigenvalue weighted by molar-refractivity contribution is 6.08. The van der Waals surface area contributed by atoms with Crippen LogP contribution in [0.5, 0.6) is 0 Å². The first-order chi connectivity index (χ1) is 17.4. The van der Waals surface area contributed by atoms with Gasteiger partial charge in [-0.1, -0.05) is 20.8 Å². The number of fused-ring (bicyclic) bond motifs is 1. The largest absolute Gasteiger partial charge is 0.465 e. The van der Waals surface area contributed by atoms with Crippen molar-refractivity contribution in [3.8, 4) is 0 Å². The lowest BCUT2D eigenvalue weighted by atomic mass is 9.84. The fourth-order valence-electron chi connectivity index (χ4n) is 4.40. The lowest BCUT2D eigenvalue weighted by molar-refractivity contribution is -0.140. The number of amidine groups is 1. The van der Waals surface area contributed by atoms with E-state index in [2.05, 4.69) is 10.6 Å². The third kappa shape index (κ3) is 6.10. The van der Waals surface area contributed by atoms with Crippen molar-refractivity contribution in [2.75, 3.05) is 51.1 Å². The molecule has 37 heavy (non-hydrogen) atoms. The van der Waals surface area contributed by atoms with E-state index in [9.17, 15) is 14.4 Å². The summed E-state index contributed by atoms with van der Waals surface area (Å²) in [4.78, 5) is 41.2. The van der Waals surface area contributed by atoms with Crippen LogP contribution in [0.2, 0.25) is 0 Å². The monoisotopic (exact) mass is 507 g/mol. The third-order valence-corrected chi connectivity index (χ3v) is 6.32. The molecular weight excluding hydrogens is 470 g/mol. The second kappa shape index (κ2) is 11.0. The highest BCUT2D eigenvalue weighted by Gasteiger charge is 2.29. The van der Waals surface area contributed by atoms with Gasteiger partial charge in [-0.25, -0.2) is 0 Å². The van der Waals surface area contributed by atoms with Gasteiger partial charge in [0.25, 0.3) is 5.91 Å². The van der Waals surface area contributed by atoms with Crippen LogP contribution >= 0.6 is 0 Å². The fourth-order valence-corrected chi connectivity index (χ4v) is 4.40. The summed E-state index contributed by atoms with van der Waals surface area (Å²) in [6.07, 6.45) is 0. The molecule has 9 heteroatoms. The number of rotatable bonds is 9. The third-order valence-electron chi connectivity index (χ3n) is 6.32. The molecule has 0 aromatic heterocycles. The molecule has 0 saturated carbocycles. The van der Waals surface area contributed by atoms with Crippen LogP contribution in [-0.4, -0.2) is 69.2 Å². The van der Waals surface area contributed by atoms with Gasteiger partial charge in [-0.3, -0.25) is 19.8 Å².